The summed E-state index contributed by atoms with van der Waals surface area (Å²) in [4.78, 5) is 26.5. The molecular weight excluding hydrogens is 234 g/mol. The van der Waals surface area contributed by atoms with Gasteiger partial charge in [-0.2, -0.15) is 0 Å². The van der Waals surface area contributed by atoms with E-state index in [9.17, 15) is 9.59 Å². The van der Waals surface area contributed by atoms with E-state index in [1.165, 1.54) is 4.52 Å². The third-order valence-corrected chi connectivity index (χ3v) is 3.11. The van der Waals surface area contributed by atoms with Crippen LogP contribution in [0.15, 0.2) is 16.9 Å². The monoisotopic (exact) mass is 249 g/mol. The number of aromatic amines is 1. The molecule has 0 saturated carbocycles. The Morgan fingerprint density at radius 2 is 2.11 bits per heavy atom. The van der Waals surface area contributed by atoms with Gasteiger partial charge in [0.25, 0.3) is 5.56 Å². The summed E-state index contributed by atoms with van der Waals surface area (Å²) in [6.45, 7) is 4.14. The second kappa shape index (κ2) is 4.64. The van der Waals surface area contributed by atoms with Gasteiger partial charge in [0.2, 0.25) is 0 Å². The topological polar surface area (TPSA) is 87.5 Å². The zero-order valence-electron chi connectivity index (χ0n) is 10.3. The largest absolute Gasteiger partial charge is 0.477 e. The number of aromatic nitrogens is 3. The Bertz CT molecular complexity index is 638. The summed E-state index contributed by atoms with van der Waals surface area (Å²) in [5.41, 5.74) is 0.624. The van der Waals surface area contributed by atoms with Gasteiger partial charge in [-0.25, -0.2) is 14.3 Å². The fourth-order valence-corrected chi connectivity index (χ4v) is 2.06. The van der Waals surface area contributed by atoms with E-state index in [0.29, 0.717) is 11.6 Å². The SMILES string of the molecule is CCC(CC)c1cc2nc(C(=O)O)cc(=O)n2[nH]1. The van der Waals surface area contributed by atoms with E-state index in [-0.39, 0.29) is 5.69 Å². The Morgan fingerprint density at radius 1 is 1.44 bits per heavy atom. The number of carbonyl (C=O) groups is 1. The molecule has 0 atom stereocenters. The summed E-state index contributed by atoms with van der Waals surface area (Å²) in [6.07, 6.45) is 1.90. The molecule has 2 heterocycles. The van der Waals surface area contributed by atoms with Crippen LogP contribution in [-0.2, 0) is 0 Å². The van der Waals surface area contributed by atoms with Gasteiger partial charge in [0.1, 0.15) is 0 Å². The first-order valence-electron chi connectivity index (χ1n) is 5.92. The summed E-state index contributed by atoms with van der Waals surface area (Å²) >= 11 is 0. The van der Waals surface area contributed by atoms with Gasteiger partial charge in [0.05, 0.1) is 0 Å². The number of hydrogen-bond donors (Lipinski definition) is 2. The van der Waals surface area contributed by atoms with Crippen molar-refractivity contribution in [1.29, 1.82) is 0 Å². The average molecular weight is 249 g/mol. The number of fused-ring (bicyclic) bond motifs is 1. The normalized spacial score (nSPS) is 11.3. The number of aromatic carboxylic acids is 1. The third-order valence-electron chi connectivity index (χ3n) is 3.11. The fraction of sp³-hybridized carbons (Fsp3) is 0.417. The molecule has 0 aliphatic rings. The lowest BCUT2D eigenvalue weighted by molar-refractivity contribution is 0.0690. The molecule has 6 nitrogen and oxygen atoms in total. The molecule has 6 heteroatoms. The quantitative estimate of drug-likeness (QED) is 0.862. The summed E-state index contributed by atoms with van der Waals surface area (Å²) in [6, 6.07) is 2.76. The molecule has 18 heavy (non-hydrogen) atoms. The summed E-state index contributed by atoms with van der Waals surface area (Å²) in [7, 11) is 0. The van der Waals surface area contributed by atoms with Crippen molar-refractivity contribution in [2.75, 3.05) is 0 Å². The highest BCUT2D eigenvalue weighted by molar-refractivity contribution is 5.85. The minimum atomic E-state index is -1.19. The molecule has 0 aliphatic heterocycles. The van der Waals surface area contributed by atoms with Gasteiger partial charge in [0, 0.05) is 23.7 Å². The smallest absolute Gasteiger partial charge is 0.354 e. The molecule has 0 amide bonds. The molecule has 0 radical (unpaired) electrons. The van der Waals surface area contributed by atoms with Gasteiger partial charge in [-0.3, -0.25) is 9.89 Å². The van der Waals surface area contributed by atoms with Crippen LogP contribution in [0.2, 0.25) is 0 Å². The van der Waals surface area contributed by atoms with Crippen LogP contribution < -0.4 is 5.56 Å². The Morgan fingerprint density at radius 3 is 2.67 bits per heavy atom. The van der Waals surface area contributed by atoms with E-state index in [1.807, 2.05) is 0 Å². The summed E-state index contributed by atoms with van der Waals surface area (Å²) in [5, 5.41) is 11.8. The average Bonchev–Trinajstić information content (AvgIpc) is 2.74. The molecule has 0 aliphatic carbocycles. The predicted molar refractivity (Wildman–Crippen MR) is 66.1 cm³/mol. The third kappa shape index (κ3) is 2.01. The second-order valence-electron chi connectivity index (χ2n) is 4.20. The van der Waals surface area contributed by atoms with E-state index in [0.717, 1.165) is 24.6 Å². The first kappa shape index (κ1) is 12.3. The Balaban J connectivity index is 2.61. The summed E-state index contributed by atoms with van der Waals surface area (Å²) in [5.74, 6) is -0.876. The minimum absolute atomic E-state index is 0.227. The number of carboxylic acid groups (broad SMARTS) is 1. The maximum Gasteiger partial charge on any atom is 0.354 e. The van der Waals surface area contributed by atoms with E-state index >= 15 is 0 Å². The predicted octanol–water partition coefficient (Wildman–Crippen LogP) is 1.62. The van der Waals surface area contributed by atoms with Crippen LogP contribution in [0.4, 0.5) is 0 Å². The molecular formula is C12H15N3O3. The van der Waals surface area contributed by atoms with E-state index in [2.05, 4.69) is 23.9 Å². The Kier molecular flexibility index (Phi) is 3.18. The molecule has 2 N–H and O–H groups in total. The van der Waals surface area contributed by atoms with Crippen molar-refractivity contribution in [3.8, 4) is 0 Å². The standard InChI is InChI=1S/C12H15N3O3/c1-3-7(4-2)8-5-10-13-9(12(17)18)6-11(16)15(10)14-8/h5-7,14H,3-4H2,1-2H3,(H,17,18). The van der Waals surface area contributed by atoms with E-state index < -0.39 is 11.5 Å². The van der Waals surface area contributed by atoms with Gasteiger partial charge in [0.15, 0.2) is 11.3 Å². The number of nitrogens with zero attached hydrogens (tertiary/aromatic N) is 2. The van der Waals surface area contributed by atoms with Gasteiger partial charge in [-0.05, 0) is 12.8 Å². The van der Waals surface area contributed by atoms with Crippen molar-refractivity contribution in [1.82, 2.24) is 14.6 Å². The van der Waals surface area contributed by atoms with E-state index in [1.54, 1.807) is 6.07 Å². The molecule has 0 spiro atoms. The van der Waals surface area contributed by atoms with Crippen molar-refractivity contribution in [3.63, 3.8) is 0 Å². The Labute approximate surface area is 103 Å². The molecule has 2 rings (SSSR count). The molecule has 2 aromatic heterocycles. The van der Waals surface area contributed by atoms with Crippen LogP contribution in [0, 0.1) is 0 Å². The molecule has 0 aromatic carbocycles. The lowest BCUT2D eigenvalue weighted by atomic mass is 10.00. The van der Waals surface area contributed by atoms with Crippen molar-refractivity contribution < 1.29 is 9.90 Å². The van der Waals surface area contributed by atoms with Gasteiger partial charge in [-0.15, -0.1) is 0 Å². The van der Waals surface area contributed by atoms with E-state index in [4.69, 9.17) is 5.11 Å². The van der Waals surface area contributed by atoms with Gasteiger partial charge in [-0.1, -0.05) is 13.8 Å². The van der Waals surface area contributed by atoms with Crippen molar-refractivity contribution in [2.45, 2.75) is 32.6 Å². The van der Waals surface area contributed by atoms with Crippen LogP contribution in [0.3, 0.4) is 0 Å². The highest BCUT2D eigenvalue weighted by atomic mass is 16.4. The number of carboxylic acids is 1. The van der Waals surface area contributed by atoms with Crippen molar-refractivity contribution >= 4 is 11.6 Å². The first-order valence-corrected chi connectivity index (χ1v) is 5.92. The zero-order valence-corrected chi connectivity index (χ0v) is 10.3. The lowest BCUT2D eigenvalue weighted by Gasteiger charge is -2.08. The number of rotatable bonds is 4. The van der Waals surface area contributed by atoms with Gasteiger partial charge >= 0.3 is 5.97 Å². The zero-order chi connectivity index (χ0) is 13.3. The lowest BCUT2D eigenvalue weighted by Crippen LogP contribution is -2.17. The highest BCUT2D eigenvalue weighted by Gasteiger charge is 2.14. The van der Waals surface area contributed by atoms with Crippen molar-refractivity contribution in [2.24, 2.45) is 0 Å². The number of H-pyrrole nitrogens is 1. The molecule has 0 bridgehead atoms. The van der Waals surface area contributed by atoms with Crippen LogP contribution in [0.5, 0.6) is 0 Å². The first-order chi connectivity index (χ1) is 8.56. The maximum absolute atomic E-state index is 11.7. The van der Waals surface area contributed by atoms with Crippen LogP contribution >= 0.6 is 0 Å². The number of nitrogens with one attached hydrogen (secondary N) is 1. The minimum Gasteiger partial charge on any atom is -0.477 e. The molecule has 0 unspecified atom stereocenters. The fourth-order valence-electron chi connectivity index (χ4n) is 2.06. The Hall–Kier alpha value is -2.11. The number of hydrogen-bond acceptors (Lipinski definition) is 3. The van der Waals surface area contributed by atoms with Gasteiger partial charge < -0.3 is 5.11 Å². The molecule has 96 valence electrons. The molecule has 2 aromatic rings. The van der Waals surface area contributed by atoms with Crippen LogP contribution in [-0.4, -0.2) is 25.7 Å². The van der Waals surface area contributed by atoms with Crippen LogP contribution in [0.25, 0.3) is 5.65 Å². The highest BCUT2D eigenvalue weighted by Crippen LogP contribution is 2.21. The molecule has 0 fully saturated rings. The van der Waals surface area contributed by atoms with Crippen molar-refractivity contribution in [3.05, 3.63) is 33.9 Å². The summed E-state index contributed by atoms with van der Waals surface area (Å²) < 4.78 is 1.28. The van der Waals surface area contributed by atoms with Crippen LogP contribution in [0.1, 0.15) is 48.8 Å². The maximum atomic E-state index is 11.7. The second-order valence-corrected chi connectivity index (χ2v) is 4.20. The molecule has 0 saturated heterocycles.